The van der Waals surface area contributed by atoms with Gasteiger partial charge in [-0.3, -0.25) is 0 Å². The number of rotatable bonds is 9. The van der Waals surface area contributed by atoms with Crippen LogP contribution in [0.25, 0.3) is 91.8 Å². The topological polar surface area (TPSA) is 34.2 Å². The van der Waals surface area contributed by atoms with Crippen molar-refractivity contribution in [1.29, 1.82) is 0 Å². The van der Waals surface area contributed by atoms with Gasteiger partial charge in [-0.2, -0.15) is 0 Å². The van der Waals surface area contributed by atoms with Gasteiger partial charge in [0.1, 0.15) is 11.5 Å². The van der Waals surface area contributed by atoms with Crippen molar-refractivity contribution in [1.82, 2.24) is 0 Å². The van der Waals surface area contributed by atoms with Crippen molar-refractivity contribution >= 4 is 252 Å². The maximum Gasteiger partial charge on any atom is 0.256 e. The monoisotopic (exact) mass is 1450 g/mol. The lowest BCUT2D eigenvalue weighted by Gasteiger charge is -2.46. The third-order valence-electron chi connectivity index (χ3n) is 22.8. The van der Waals surface area contributed by atoms with Gasteiger partial charge in [0.25, 0.3) is 13.4 Å². The van der Waals surface area contributed by atoms with Crippen molar-refractivity contribution in [2.45, 2.75) is 0 Å². The second kappa shape index (κ2) is 23.4. The van der Waals surface area contributed by atoms with Gasteiger partial charge in [0.2, 0.25) is 0 Å². The molecule has 24 rings (SSSR count). The van der Waals surface area contributed by atoms with Crippen LogP contribution in [0, 0.1) is 0 Å². The number of thiophene rings is 4. The van der Waals surface area contributed by atoms with Crippen LogP contribution in [0.1, 0.15) is 0 Å². The number of para-hydroxylation sites is 5. The van der Waals surface area contributed by atoms with Crippen LogP contribution in [0.5, 0.6) is 11.5 Å². The zero-order chi connectivity index (χ0) is 70.4. The fraction of sp³-hybridized carbons (Fsp3) is 0. The van der Waals surface area contributed by atoms with Crippen LogP contribution in [0.15, 0.2) is 340 Å². The molecule has 0 unspecified atom stereocenters. The molecule has 4 aliphatic rings. The maximum absolute atomic E-state index is 8.01. The van der Waals surface area contributed by atoms with Crippen LogP contribution in [-0.2, 0) is 0 Å². The molecule has 108 heavy (non-hydrogen) atoms. The van der Waals surface area contributed by atoms with Gasteiger partial charge >= 0.3 is 0 Å². The van der Waals surface area contributed by atoms with E-state index in [1.807, 2.05) is 45.3 Å². The Morgan fingerprint density at radius 3 is 1.38 bits per heavy atom. The molecule has 0 fully saturated rings. The molecular formula is C96H57B2N5OS4. The molecule has 0 amide bonds. The molecule has 20 aromatic rings. The molecule has 0 saturated heterocycles. The normalized spacial score (nSPS) is 13.2. The van der Waals surface area contributed by atoms with E-state index in [4.69, 9.17) is 4.74 Å². The fourth-order valence-electron chi connectivity index (χ4n) is 18.4. The summed E-state index contributed by atoms with van der Waals surface area (Å²) in [6.07, 6.45) is 0. The average Bonchev–Trinajstić information content (AvgIpc) is 0.812. The van der Waals surface area contributed by atoms with Crippen LogP contribution >= 0.6 is 45.3 Å². The molecule has 8 heterocycles. The lowest BCUT2D eigenvalue weighted by Crippen LogP contribution is -2.64. The minimum absolute atomic E-state index is 0.221. The Bertz CT molecular complexity index is 7230. The largest absolute Gasteiger partial charge is 0.458 e. The summed E-state index contributed by atoms with van der Waals surface area (Å²) in [5.74, 6) is 1.64. The zero-order valence-corrected chi connectivity index (χ0v) is 61.1. The lowest BCUT2D eigenvalue weighted by molar-refractivity contribution is 0.488. The molecule has 0 atom stereocenters. The number of anilines is 14. The number of hydrogen-bond acceptors (Lipinski definition) is 10. The SMILES string of the molecule is c1ccc(N2c3ccccc3B3c4cc5c(cc4N(c4cccc6c4sc4ccccc46)c4cc(N(c6ccccc6)c6cccc7c6sc6ccccc67)cc2c43)Oc2cc(Nc3ccccc3-c3cccc4c3sc3ccccc34)cc3c2B5c2ccccc2N3c2cccc3c2sc2ccccc23)cc1. The highest BCUT2D eigenvalue weighted by Gasteiger charge is 2.49. The summed E-state index contributed by atoms with van der Waals surface area (Å²) >= 11 is 7.48. The molecule has 12 heteroatoms. The Morgan fingerprint density at radius 2 is 0.731 bits per heavy atom. The van der Waals surface area contributed by atoms with E-state index in [9.17, 15) is 0 Å². The summed E-state index contributed by atoms with van der Waals surface area (Å²) < 4.78 is 18.0. The van der Waals surface area contributed by atoms with E-state index in [1.165, 1.54) is 108 Å². The van der Waals surface area contributed by atoms with Crippen LogP contribution < -0.4 is 62.4 Å². The van der Waals surface area contributed by atoms with E-state index in [-0.39, 0.29) is 13.4 Å². The third-order valence-corrected chi connectivity index (χ3v) is 27.7. The standard InChI is InChI=1S/C96H57B2N5OS4/c1-3-25-58(26-4-1)100(78-44-22-36-68-63-31-9-18-48-88(63)106-94(68)78)60-53-83-91-84(54-60)103(80-46-24-38-70-65-33-11-20-50-90(65)108-96(70)80)81-56-85-74(55-73(81)97(91)71-39-12-15-42-76(71)101(83)59-27-5-2-6-28-59)98-72-40-13-16-43-77(72)102(79-45-23-37-69-64-32-10-19-49-89(64)107-95(69)79)82-51-57(52-86(104-85)92(82)98)99-75-41-14-7-29-61(75)66-34-21-35-67-62-30-8-17-47-87(62)105-93(66)67/h1-56,99H. The number of ether oxygens (including phenoxy) is 1. The highest BCUT2D eigenvalue weighted by molar-refractivity contribution is 7.27. The first kappa shape index (κ1) is 60.6. The zero-order valence-electron chi connectivity index (χ0n) is 57.8. The Morgan fingerprint density at radius 1 is 0.278 bits per heavy atom. The number of benzene rings is 16. The Kier molecular flexibility index (Phi) is 13.1. The summed E-state index contributed by atoms with van der Waals surface area (Å²) in [5.41, 5.74) is 24.7. The first-order valence-corrected chi connectivity index (χ1v) is 40.0. The van der Waals surface area contributed by atoms with Crippen LogP contribution in [-0.4, -0.2) is 13.4 Å². The van der Waals surface area contributed by atoms with Crippen molar-refractivity contribution in [2.24, 2.45) is 0 Å². The highest BCUT2D eigenvalue weighted by Crippen LogP contribution is 2.55. The van der Waals surface area contributed by atoms with Crippen LogP contribution in [0.3, 0.4) is 0 Å². The fourth-order valence-corrected chi connectivity index (χ4v) is 23.2. The summed E-state index contributed by atoms with van der Waals surface area (Å²) in [6.45, 7) is -0.454. The van der Waals surface area contributed by atoms with E-state index in [2.05, 4.69) is 365 Å². The molecule has 4 aliphatic heterocycles. The first-order chi connectivity index (χ1) is 53.6. The van der Waals surface area contributed by atoms with Gasteiger partial charge in [-0.05, 0) is 136 Å². The second-order valence-electron chi connectivity index (χ2n) is 28.6. The number of nitrogens with zero attached hydrogens (tertiary/aromatic N) is 4. The number of nitrogens with one attached hydrogen (secondary N) is 1. The predicted octanol–water partition coefficient (Wildman–Crippen LogP) is 24.5. The Labute approximate surface area is 638 Å². The Balaban J connectivity index is 0.777. The van der Waals surface area contributed by atoms with E-state index in [0.29, 0.717) is 0 Å². The lowest BCUT2D eigenvalue weighted by atomic mass is 9.30. The summed E-state index contributed by atoms with van der Waals surface area (Å²) in [5, 5.41) is 14.2. The number of fused-ring (bicyclic) bond motifs is 20. The van der Waals surface area contributed by atoms with Gasteiger partial charge in [-0.25, -0.2) is 0 Å². The molecule has 0 saturated carbocycles. The molecule has 6 nitrogen and oxygen atoms in total. The van der Waals surface area contributed by atoms with E-state index < -0.39 is 0 Å². The minimum Gasteiger partial charge on any atom is -0.458 e. The van der Waals surface area contributed by atoms with Gasteiger partial charge < -0.3 is 29.7 Å². The van der Waals surface area contributed by atoms with Gasteiger partial charge in [0.15, 0.2) is 0 Å². The smallest absolute Gasteiger partial charge is 0.256 e. The molecule has 4 aromatic heterocycles. The summed E-state index contributed by atoms with van der Waals surface area (Å²) in [7, 11) is 0. The molecule has 0 aliphatic carbocycles. The molecular weight excluding hydrogens is 1390 g/mol. The molecule has 0 radical (unpaired) electrons. The van der Waals surface area contributed by atoms with Crippen LogP contribution in [0.2, 0.25) is 0 Å². The second-order valence-corrected chi connectivity index (χ2v) is 32.8. The van der Waals surface area contributed by atoms with E-state index in [0.717, 1.165) is 108 Å². The van der Waals surface area contributed by atoms with E-state index in [1.54, 1.807) is 0 Å². The van der Waals surface area contributed by atoms with Crippen molar-refractivity contribution in [3.8, 4) is 22.6 Å². The van der Waals surface area contributed by atoms with Crippen molar-refractivity contribution in [3.05, 3.63) is 340 Å². The molecule has 1 N–H and O–H groups in total. The summed E-state index contributed by atoms with van der Waals surface area (Å²) in [6, 6.07) is 127. The summed E-state index contributed by atoms with van der Waals surface area (Å²) in [4.78, 5) is 10.2. The van der Waals surface area contributed by atoms with Gasteiger partial charge in [0.05, 0.1) is 36.8 Å². The molecule has 16 aromatic carbocycles. The molecule has 0 bridgehead atoms. The van der Waals surface area contributed by atoms with Gasteiger partial charge in [0, 0.05) is 147 Å². The van der Waals surface area contributed by atoms with Gasteiger partial charge in [-0.1, -0.05) is 224 Å². The first-order valence-electron chi connectivity index (χ1n) is 36.8. The number of hydrogen-bond donors (Lipinski definition) is 1. The Hall–Kier alpha value is -12.7. The minimum atomic E-state index is -0.233. The van der Waals surface area contributed by atoms with Crippen LogP contribution in [0.4, 0.5) is 79.6 Å². The third kappa shape index (κ3) is 8.82. The molecule has 502 valence electrons. The van der Waals surface area contributed by atoms with E-state index >= 15 is 0 Å². The van der Waals surface area contributed by atoms with Crippen molar-refractivity contribution in [3.63, 3.8) is 0 Å². The predicted molar refractivity (Wildman–Crippen MR) is 468 cm³/mol. The highest BCUT2D eigenvalue weighted by atomic mass is 32.1. The molecule has 0 spiro atoms. The van der Waals surface area contributed by atoms with Gasteiger partial charge in [-0.15, -0.1) is 45.3 Å². The van der Waals surface area contributed by atoms with Crippen molar-refractivity contribution < 1.29 is 4.74 Å². The van der Waals surface area contributed by atoms with Crippen molar-refractivity contribution in [2.75, 3.05) is 24.9 Å². The quantitative estimate of drug-likeness (QED) is 0.145. The maximum atomic E-state index is 8.01. The average molecular weight is 1450 g/mol.